The van der Waals surface area contributed by atoms with Gasteiger partial charge in [-0.25, -0.2) is 0 Å². The van der Waals surface area contributed by atoms with E-state index in [0.717, 1.165) is 5.56 Å². The van der Waals surface area contributed by atoms with Crippen molar-refractivity contribution < 1.29 is 4.79 Å². The molecule has 2 rings (SSSR count). The number of aromatic nitrogens is 1. The van der Waals surface area contributed by atoms with Gasteiger partial charge in [-0.2, -0.15) is 0 Å². The van der Waals surface area contributed by atoms with Crippen molar-refractivity contribution in [2.75, 3.05) is 6.54 Å². The van der Waals surface area contributed by atoms with Gasteiger partial charge >= 0.3 is 0 Å². The fourth-order valence-corrected chi connectivity index (χ4v) is 1.89. The Kier molecular flexibility index (Phi) is 4.13. The summed E-state index contributed by atoms with van der Waals surface area (Å²) in [7, 11) is 0. The fraction of sp³-hybridized carbons (Fsp3) is 0.200. The Hall–Kier alpha value is -2.36. The van der Waals surface area contributed by atoms with Gasteiger partial charge in [0.25, 0.3) is 11.5 Å². The van der Waals surface area contributed by atoms with Gasteiger partial charge in [0.1, 0.15) is 5.56 Å². The number of pyridine rings is 1. The van der Waals surface area contributed by atoms with Crippen LogP contribution in [0.25, 0.3) is 0 Å². The number of benzene rings is 1. The van der Waals surface area contributed by atoms with Crippen molar-refractivity contribution in [1.82, 2.24) is 9.88 Å². The summed E-state index contributed by atoms with van der Waals surface area (Å²) >= 11 is 0. The van der Waals surface area contributed by atoms with Crippen LogP contribution in [0.2, 0.25) is 0 Å². The molecule has 0 aliphatic heterocycles. The summed E-state index contributed by atoms with van der Waals surface area (Å²) in [6.45, 7) is 2.96. The summed E-state index contributed by atoms with van der Waals surface area (Å²) in [5.74, 6) is -0.242. The maximum Gasteiger partial charge on any atom is 0.260 e. The van der Waals surface area contributed by atoms with E-state index in [4.69, 9.17) is 0 Å². The molecule has 1 aromatic carbocycles. The Labute approximate surface area is 111 Å². The number of aromatic amines is 1. The number of H-pyrrole nitrogens is 1. The smallest absolute Gasteiger partial charge is 0.260 e. The summed E-state index contributed by atoms with van der Waals surface area (Å²) in [6, 6.07) is 12.9. The number of hydrogen-bond acceptors (Lipinski definition) is 2. The van der Waals surface area contributed by atoms with Gasteiger partial charge in [0.05, 0.1) is 0 Å². The quantitative estimate of drug-likeness (QED) is 0.910. The molecule has 1 aromatic heterocycles. The molecule has 1 N–H and O–H groups in total. The number of carbonyl (C=O) groups is 1. The van der Waals surface area contributed by atoms with Crippen LogP contribution >= 0.6 is 0 Å². The van der Waals surface area contributed by atoms with Gasteiger partial charge < -0.3 is 9.88 Å². The van der Waals surface area contributed by atoms with Crippen molar-refractivity contribution in [3.8, 4) is 0 Å². The summed E-state index contributed by atoms with van der Waals surface area (Å²) in [6.07, 6.45) is 1.52. The summed E-state index contributed by atoms with van der Waals surface area (Å²) in [4.78, 5) is 28.1. The van der Waals surface area contributed by atoms with Crippen molar-refractivity contribution in [1.29, 1.82) is 0 Å². The molecule has 1 amide bonds. The number of nitrogens with zero attached hydrogens (tertiary/aromatic N) is 1. The zero-order valence-corrected chi connectivity index (χ0v) is 10.8. The first kappa shape index (κ1) is 13.1. The lowest BCUT2D eigenvalue weighted by Gasteiger charge is -2.20. The standard InChI is InChI=1S/C15H16N2O2/c1-2-17(11-12-7-4-3-5-8-12)15(19)13-9-6-10-16-14(13)18/h3-10H,2,11H2,1H3,(H,16,18). The van der Waals surface area contributed by atoms with Crippen LogP contribution < -0.4 is 5.56 Å². The number of carbonyl (C=O) groups excluding carboxylic acids is 1. The number of amides is 1. The molecule has 19 heavy (non-hydrogen) atoms. The molecule has 4 nitrogen and oxygen atoms in total. The molecule has 0 spiro atoms. The fourth-order valence-electron chi connectivity index (χ4n) is 1.89. The molecule has 0 aliphatic rings. The van der Waals surface area contributed by atoms with Gasteiger partial charge in [-0.3, -0.25) is 9.59 Å². The highest BCUT2D eigenvalue weighted by atomic mass is 16.2. The van der Waals surface area contributed by atoms with E-state index < -0.39 is 0 Å². The topological polar surface area (TPSA) is 53.2 Å². The molecule has 4 heteroatoms. The van der Waals surface area contributed by atoms with Crippen molar-refractivity contribution in [3.05, 3.63) is 70.1 Å². The maximum absolute atomic E-state index is 12.3. The zero-order valence-electron chi connectivity index (χ0n) is 10.8. The molecule has 0 atom stereocenters. The van der Waals surface area contributed by atoms with Crippen LogP contribution in [0.5, 0.6) is 0 Å². The van der Waals surface area contributed by atoms with Gasteiger partial charge in [0, 0.05) is 19.3 Å². The first-order chi connectivity index (χ1) is 9.22. The van der Waals surface area contributed by atoms with Gasteiger partial charge in [0.2, 0.25) is 0 Å². The normalized spacial score (nSPS) is 10.2. The molecule has 0 unspecified atom stereocenters. The molecule has 0 fully saturated rings. The van der Waals surface area contributed by atoms with Gasteiger partial charge in [-0.05, 0) is 24.6 Å². The highest BCUT2D eigenvalue weighted by molar-refractivity contribution is 5.93. The minimum atomic E-state index is -0.348. The maximum atomic E-state index is 12.3. The molecule has 2 aromatic rings. The predicted octanol–water partition coefficient (Wildman–Crippen LogP) is 2.04. The predicted molar refractivity (Wildman–Crippen MR) is 73.9 cm³/mol. The second kappa shape index (κ2) is 6.00. The van der Waals surface area contributed by atoms with Gasteiger partial charge in [0.15, 0.2) is 0 Å². The first-order valence-electron chi connectivity index (χ1n) is 6.23. The zero-order chi connectivity index (χ0) is 13.7. The molecule has 98 valence electrons. The SMILES string of the molecule is CCN(Cc1ccccc1)C(=O)c1ccc[nH]c1=O. The molecular formula is C15H16N2O2. The van der Waals surface area contributed by atoms with E-state index in [1.54, 1.807) is 17.0 Å². The lowest BCUT2D eigenvalue weighted by atomic mass is 10.2. The lowest BCUT2D eigenvalue weighted by Crippen LogP contribution is -2.34. The van der Waals surface area contributed by atoms with Crippen LogP contribution in [0.15, 0.2) is 53.5 Å². The molecule has 1 heterocycles. The van der Waals surface area contributed by atoms with E-state index in [0.29, 0.717) is 13.1 Å². The Morgan fingerprint density at radius 3 is 2.53 bits per heavy atom. The summed E-state index contributed by atoms with van der Waals surface area (Å²) < 4.78 is 0. The summed E-state index contributed by atoms with van der Waals surface area (Å²) in [5, 5.41) is 0. The van der Waals surface area contributed by atoms with Crippen LogP contribution in [0.3, 0.4) is 0 Å². The summed E-state index contributed by atoms with van der Waals surface area (Å²) in [5.41, 5.74) is 0.879. The Morgan fingerprint density at radius 1 is 1.16 bits per heavy atom. The van der Waals surface area contributed by atoms with Gasteiger partial charge in [-0.15, -0.1) is 0 Å². The van der Waals surface area contributed by atoms with Crippen molar-refractivity contribution in [3.63, 3.8) is 0 Å². The van der Waals surface area contributed by atoms with Crippen LogP contribution in [-0.4, -0.2) is 22.3 Å². The molecule has 0 aliphatic carbocycles. The first-order valence-corrected chi connectivity index (χ1v) is 6.23. The number of nitrogens with one attached hydrogen (secondary N) is 1. The third kappa shape index (κ3) is 3.10. The van der Waals surface area contributed by atoms with Crippen molar-refractivity contribution >= 4 is 5.91 Å². The van der Waals surface area contributed by atoms with E-state index in [2.05, 4.69) is 4.98 Å². The van der Waals surface area contributed by atoms with E-state index >= 15 is 0 Å². The third-order valence-corrected chi connectivity index (χ3v) is 2.93. The third-order valence-electron chi connectivity index (χ3n) is 2.93. The Bertz CT molecular complexity index is 605. The van der Waals surface area contributed by atoms with Crippen molar-refractivity contribution in [2.24, 2.45) is 0 Å². The number of hydrogen-bond donors (Lipinski definition) is 1. The Morgan fingerprint density at radius 2 is 1.89 bits per heavy atom. The molecular weight excluding hydrogens is 240 g/mol. The number of rotatable bonds is 4. The van der Waals surface area contributed by atoms with E-state index in [1.807, 2.05) is 37.3 Å². The lowest BCUT2D eigenvalue weighted by molar-refractivity contribution is 0.0751. The second-order valence-electron chi connectivity index (χ2n) is 4.22. The molecule has 0 saturated heterocycles. The van der Waals surface area contributed by atoms with Crippen LogP contribution in [0.1, 0.15) is 22.8 Å². The average molecular weight is 256 g/mol. The van der Waals surface area contributed by atoms with Crippen LogP contribution in [0.4, 0.5) is 0 Å². The largest absolute Gasteiger partial charge is 0.334 e. The van der Waals surface area contributed by atoms with E-state index in [9.17, 15) is 9.59 Å². The minimum Gasteiger partial charge on any atom is -0.334 e. The average Bonchev–Trinajstić information content (AvgIpc) is 2.46. The second-order valence-corrected chi connectivity index (χ2v) is 4.22. The monoisotopic (exact) mass is 256 g/mol. The van der Waals surface area contributed by atoms with E-state index in [1.165, 1.54) is 6.20 Å². The molecule has 0 radical (unpaired) electrons. The highest BCUT2D eigenvalue weighted by Gasteiger charge is 2.16. The Balaban J connectivity index is 2.21. The van der Waals surface area contributed by atoms with Gasteiger partial charge in [-0.1, -0.05) is 30.3 Å². The minimum absolute atomic E-state index is 0.181. The van der Waals surface area contributed by atoms with Crippen LogP contribution in [-0.2, 0) is 6.54 Å². The molecule has 0 bridgehead atoms. The van der Waals surface area contributed by atoms with E-state index in [-0.39, 0.29) is 17.0 Å². The van der Waals surface area contributed by atoms with Crippen molar-refractivity contribution in [2.45, 2.75) is 13.5 Å². The highest BCUT2D eigenvalue weighted by Crippen LogP contribution is 2.07. The molecule has 0 saturated carbocycles. The van der Waals surface area contributed by atoms with Crippen LogP contribution in [0, 0.1) is 0 Å².